The molecule has 0 aliphatic carbocycles. The van der Waals surface area contributed by atoms with E-state index in [0.717, 1.165) is 77.5 Å². The molecule has 0 aliphatic heterocycles. The van der Waals surface area contributed by atoms with Crippen molar-refractivity contribution in [3.63, 3.8) is 0 Å². The summed E-state index contributed by atoms with van der Waals surface area (Å²) in [4.78, 5) is 29.5. The molecule has 0 bridgehead atoms. The molecule has 0 saturated heterocycles. The average Bonchev–Trinajstić information content (AvgIpc) is 2.84. The van der Waals surface area contributed by atoms with Gasteiger partial charge in [-0.05, 0) is 74.4 Å². The van der Waals surface area contributed by atoms with Gasteiger partial charge < -0.3 is 9.80 Å². The van der Waals surface area contributed by atoms with Gasteiger partial charge >= 0.3 is 0 Å². The molecule has 6 nitrogen and oxygen atoms in total. The fourth-order valence-corrected chi connectivity index (χ4v) is 3.85. The summed E-state index contributed by atoms with van der Waals surface area (Å²) in [5, 5.41) is 6.59. The number of benzene rings is 1. The van der Waals surface area contributed by atoms with E-state index in [-0.39, 0.29) is 11.8 Å². The molecule has 2 amide bonds. The number of hydrogen-bond acceptors (Lipinski definition) is 4. The molecule has 8 heteroatoms. The van der Waals surface area contributed by atoms with Crippen LogP contribution in [0.3, 0.4) is 0 Å². The Labute approximate surface area is 216 Å². The smallest absolute Gasteiger partial charge is 0.257 e. The van der Waals surface area contributed by atoms with Gasteiger partial charge in [-0.1, -0.05) is 53.4 Å². The highest BCUT2D eigenvalue weighted by atomic mass is 32.1. The summed E-state index contributed by atoms with van der Waals surface area (Å²) in [5.74, 6) is -0.536. The fourth-order valence-electron chi connectivity index (χ4n) is 3.30. The SMILES string of the molecule is CCCCN(CCCC)C(=S)NC(=O)c1ccc(C(=O)NC(=S)N(CCCC)CCCC)cc1. The Hall–Kier alpha value is -2.06. The Kier molecular flexibility index (Phi) is 15.3. The number of carbonyl (C=O) groups is 2. The van der Waals surface area contributed by atoms with Gasteiger partial charge in [-0.3, -0.25) is 20.2 Å². The van der Waals surface area contributed by atoms with Crippen molar-refractivity contribution in [3.05, 3.63) is 35.4 Å². The first kappa shape index (κ1) is 30.0. The van der Waals surface area contributed by atoms with E-state index in [1.807, 2.05) is 0 Å². The number of thiocarbonyl (C=S) groups is 2. The molecular formula is C26H42N4O2S2. The summed E-state index contributed by atoms with van der Waals surface area (Å²) in [7, 11) is 0. The van der Waals surface area contributed by atoms with Crippen LogP contribution in [0, 0.1) is 0 Å². The predicted octanol–water partition coefficient (Wildman–Crippen LogP) is 5.52. The Morgan fingerprint density at radius 2 is 0.882 bits per heavy atom. The minimum Gasteiger partial charge on any atom is -0.349 e. The van der Waals surface area contributed by atoms with E-state index in [2.05, 4.69) is 48.1 Å². The predicted molar refractivity (Wildman–Crippen MR) is 149 cm³/mol. The van der Waals surface area contributed by atoms with Crippen LogP contribution in [-0.4, -0.2) is 58.0 Å². The number of nitrogens with one attached hydrogen (secondary N) is 2. The second kappa shape index (κ2) is 17.4. The van der Waals surface area contributed by atoms with Gasteiger partial charge in [0.25, 0.3) is 11.8 Å². The third kappa shape index (κ3) is 10.9. The fraction of sp³-hybridized carbons (Fsp3) is 0.615. The van der Waals surface area contributed by atoms with Gasteiger partial charge in [0.15, 0.2) is 10.2 Å². The number of nitrogens with zero attached hydrogens (tertiary/aromatic N) is 2. The van der Waals surface area contributed by atoms with E-state index in [1.165, 1.54) is 0 Å². The maximum absolute atomic E-state index is 12.7. The minimum atomic E-state index is -0.268. The molecule has 1 aromatic rings. The highest BCUT2D eigenvalue weighted by Crippen LogP contribution is 2.07. The van der Waals surface area contributed by atoms with Crippen molar-refractivity contribution in [3.8, 4) is 0 Å². The van der Waals surface area contributed by atoms with Gasteiger partial charge in [-0.2, -0.15) is 0 Å². The summed E-state index contributed by atoms with van der Waals surface area (Å²) in [6.07, 6.45) is 8.39. The first-order chi connectivity index (χ1) is 16.4. The summed E-state index contributed by atoms with van der Waals surface area (Å²) in [6, 6.07) is 6.57. The number of amides is 2. The van der Waals surface area contributed by atoms with Gasteiger partial charge in [0, 0.05) is 37.3 Å². The molecule has 0 spiro atoms. The van der Waals surface area contributed by atoms with Crippen LogP contribution in [0.4, 0.5) is 0 Å². The third-order valence-corrected chi connectivity index (χ3v) is 6.27. The Morgan fingerprint density at radius 1 is 0.618 bits per heavy atom. The molecule has 0 aliphatic rings. The van der Waals surface area contributed by atoms with Gasteiger partial charge in [0.1, 0.15) is 0 Å². The molecule has 0 atom stereocenters. The molecule has 0 fully saturated rings. The zero-order chi connectivity index (χ0) is 25.3. The molecule has 0 aromatic heterocycles. The molecule has 0 saturated carbocycles. The van der Waals surface area contributed by atoms with Crippen LogP contribution in [-0.2, 0) is 0 Å². The lowest BCUT2D eigenvalue weighted by molar-refractivity contribution is 0.0961. The lowest BCUT2D eigenvalue weighted by Gasteiger charge is -2.25. The summed E-state index contributed by atoms with van der Waals surface area (Å²) in [6.45, 7) is 11.9. The molecule has 190 valence electrons. The number of hydrogen-bond donors (Lipinski definition) is 2. The second-order valence-corrected chi connectivity index (χ2v) is 9.26. The Bertz CT molecular complexity index is 703. The molecular weight excluding hydrogens is 464 g/mol. The molecule has 1 aromatic carbocycles. The molecule has 34 heavy (non-hydrogen) atoms. The van der Waals surface area contributed by atoms with Crippen molar-refractivity contribution in [1.29, 1.82) is 0 Å². The first-order valence-corrected chi connectivity index (χ1v) is 13.5. The van der Waals surface area contributed by atoms with Crippen molar-refractivity contribution >= 4 is 46.5 Å². The molecule has 0 radical (unpaired) electrons. The normalized spacial score (nSPS) is 10.5. The van der Waals surface area contributed by atoms with Crippen molar-refractivity contribution in [2.45, 2.75) is 79.1 Å². The van der Waals surface area contributed by atoms with Crippen LogP contribution in [0.15, 0.2) is 24.3 Å². The van der Waals surface area contributed by atoms with E-state index in [4.69, 9.17) is 24.4 Å². The topological polar surface area (TPSA) is 64.7 Å². The van der Waals surface area contributed by atoms with E-state index >= 15 is 0 Å². The van der Waals surface area contributed by atoms with Crippen LogP contribution in [0.2, 0.25) is 0 Å². The van der Waals surface area contributed by atoms with Crippen molar-refractivity contribution in [1.82, 2.24) is 20.4 Å². The zero-order valence-electron chi connectivity index (χ0n) is 21.3. The average molecular weight is 507 g/mol. The summed E-state index contributed by atoms with van der Waals surface area (Å²) in [5.41, 5.74) is 0.917. The van der Waals surface area contributed by atoms with E-state index in [9.17, 15) is 9.59 Å². The second-order valence-electron chi connectivity index (χ2n) is 8.48. The highest BCUT2D eigenvalue weighted by Gasteiger charge is 2.16. The van der Waals surface area contributed by atoms with Crippen LogP contribution in [0.5, 0.6) is 0 Å². The quantitative estimate of drug-likeness (QED) is 0.324. The van der Waals surface area contributed by atoms with Gasteiger partial charge in [-0.25, -0.2) is 0 Å². The van der Waals surface area contributed by atoms with Crippen molar-refractivity contribution < 1.29 is 9.59 Å². The third-order valence-electron chi connectivity index (χ3n) is 5.55. The van der Waals surface area contributed by atoms with Crippen LogP contribution in [0.25, 0.3) is 0 Å². The lowest BCUT2D eigenvalue weighted by Crippen LogP contribution is -2.44. The number of rotatable bonds is 14. The monoisotopic (exact) mass is 506 g/mol. The highest BCUT2D eigenvalue weighted by molar-refractivity contribution is 7.80. The lowest BCUT2D eigenvalue weighted by atomic mass is 10.1. The van der Waals surface area contributed by atoms with Crippen LogP contribution in [0.1, 0.15) is 99.8 Å². The van der Waals surface area contributed by atoms with E-state index in [0.29, 0.717) is 21.4 Å². The molecule has 1 rings (SSSR count). The zero-order valence-corrected chi connectivity index (χ0v) is 23.0. The summed E-state index contributed by atoms with van der Waals surface area (Å²) < 4.78 is 0. The van der Waals surface area contributed by atoms with E-state index in [1.54, 1.807) is 24.3 Å². The summed E-state index contributed by atoms with van der Waals surface area (Å²) >= 11 is 11.0. The maximum atomic E-state index is 12.7. The molecule has 0 unspecified atom stereocenters. The molecule has 0 heterocycles. The van der Waals surface area contributed by atoms with Crippen molar-refractivity contribution in [2.24, 2.45) is 0 Å². The van der Waals surface area contributed by atoms with Crippen LogP contribution >= 0.6 is 24.4 Å². The standard InChI is InChI=1S/C26H42N4O2S2/c1-5-9-17-29(18-10-6-2)25(33)27-23(31)21-13-15-22(16-14-21)24(32)28-26(34)30(19-11-7-3)20-12-8-4/h13-16H,5-12,17-20H2,1-4H3,(H,27,31,33)(H,28,32,34). The number of unbranched alkanes of at least 4 members (excludes halogenated alkanes) is 4. The van der Waals surface area contributed by atoms with Crippen LogP contribution < -0.4 is 10.6 Å². The minimum absolute atomic E-state index is 0.268. The van der Waals surface area contributed by atoms with Gasteiger partial charge in [0.05, 0.1) is 0 Å². The Morgan fingerprint density at radius 3 is 1.12 bits per heavy atom. The number of carbonyl (C=O) groups excluding carboxylic acids is 2. The Balaban J connectivity index is 2.73. The largest absolute Gasteiger partial charge is 0.349 e. The van der Waals surface area contributed by atoms with Gasteiger partial charge in [-0.15, -0.1) is 0 Å². The van der Waals surface area contributed by atoms with Crippen molar-refractivity contribution in [2.75, 3.05) is 26.2 Å². The van der Waals surface area contributed by atoms with Gasteiger partial charge in [0.2, 0.25) is 0 Å². The maximum Gasteiger partial charge on any atom is 0.257 e. The first-order valence-electron chi connectivity index (χ1n) is 12.7. The van der Waals surface area contributed by atoms with E-state index < -0.39 is 0 Å². The molecule has 2 N–H and O–H groups in total.